The molecule has 0 saturated carbocycles. The van der Waals surface area contributed by atoms with E-state index in [9.17, 15) is 22.4 Å². The molecule has 9 heteroatoms. The molecule has 1 atom stereocenters. The van der Waals surface area contributed by atoms with E-state index in [4.69, 9.17) is 21.7 Å². The SMILES string of the molecule is CC(O)C(=O)O.NCc1ccccc1C(F)(F)C(F)(F)c1ccccc1CN. The normalized spacial score (nSPS) is 12.7. The number of aliphatic hydroxyl groups is 1. The summed E-state index contributed by atoms with van der Waals surface area (Å²) >= 11 is 0. The number of benzene rings is 2. The Bertz CT molecular complexity index is 741. The van der Waals surface area contributed by atoms with Crippen molar-refractivity contribution >= 4 is 5.97 Å². The molecule has 154 valence electrons. The van der Waals surface area contributed by atoms with Crippen LogP contribution in [0.5, 0.6) is 0 Å². The van der Waals surface area contributed by atoms with Crippen LogP contribution in [0.15, 0.2) is 48.5 Å². The predicted molar refractivity (Wildman–Crippen MR) is 95.8 cm³/mol. The van der Waals surface area contributed by atoms with Gasteiger partial charge in [0.25, 0.3) is 0 Å². The van der Waals surface area contributed by atoms with E-state index in [0.29, 0.717) is 0 Å². The third-order valence-electron chi connectivity index (χ3n) is 3.90. The number of carboxylic acid groups (broad SMARTS) is 1. The second kappa shape index (κ2) is 9.63. The van der Waals surface area contributed by atoms with Gasteiger partial charge in [-0.25, -0.2) is 4.79 Å². The quantitative estimate of drug-likeness (QED) is 0.556. The van der Waals surface area contributed by atoms with Crippen LogP contribution in [-0.2, 0) is 29.7 Å². The Morgan fingerprint density at radius 1 is 0.893 bits per heavy atom. The molecule has 0 aliphatic heterocycles. The minimum Gasteiger partial charge on any atom is -0.479 e. The molecule has 1 unspecified atom stereocenters. The molecule has 0 heterocycles. The predicted octanol–water partition coefficient (Wildman–Crippen LogP) is 2.94. The summed E-state index contributed by atoms with van der Waals surface area (Å²) in [6.45, 7) is 0.698. The van der Waals surface area contributed by atoms with E-state index < -0.39 is 35.0 Å². The summed E-state index contributed by atoms with van der Waals surface area (Å²) in [7, 11) is 0. The molecule has 0 aromatic heterocycles. The molecule has 0 bridgehead atoms. The lowest BCUT2D eigenvalue weighted by Gasteiger charge is -2.30. The van der Waals surface area contributed by atoms with Crippen LogP contribution < -0.4 is 11.5 Å². The van der Waals surface area contributed by atoms with Crippen LogP contribution in [0.2, 0.25) is 0 Å². The second-order valence-electron chi connectivity index (χ2n) is 5.89. The molecule has 0 fully saturated rings. The molecule has 6 N–H and O–H groups in total. The highest BCUT2D eigenvalue weighted by atomic mass is 19.3. The minimum absolute atomic E-state index is 0.0163. The van der Waals surface area contributed by atoms with Crippen molar-refractivity contribution in [3.8, 4) is 0 Å². The first kappa shape index (κ1) is 23.5. The van der Waals surface area contributed by atoms with Gasteiger partial charge in [0.1, 0.15) is 6.10 Å². The highest BCUT2D eigenvalue weighted by Gasteiger charge is 2.59. The van der Waals surface area contributed by atoms with E-state index in [1.54, 1.807) is 0 Å². The van der Waals surface area contributed by atoms with Gasteiger partial charge >= 0.3 is 17.8 Å². The van der Waals surface area contributed by atoms with E-state index in [-0.39, 0.29) is 24.2 Å². The van der Waals surface area contributed by atoms with Crippen LogP contribution in [0.25, 0.3) is 0 Å². The van der Waals surface area contributed by atoms with Gasteiger partial charge in [0.05, 0.1) is 0 Å². The first-order valence-electron chi connectivity index (χ1n) is 8.24. The van der Waals surface area contributed by atoms with Gasteiger partial charge in [-0.2, -0.15) is 17.6 Å². The molecule has 2 aromatic rings. The standard InChI is InChI=1S/C16H16F4N2.C3H6O3/c17-15(18,13-7-3-1-5-11(13)9-21)16(19,20)14-8-4-2-6-12(14)10-22;1-2(4)3(5)6/h1-8H,9-10,21-22H2;2,4H,1H3,(H,5,6). The van der Waals surface area contributed by atoms with Gasteiger partial charge < -0.3 is 21.7 Å². The van der Waals surface area contributed by atoms with Crippen molar-refractivity contribution in [1.82, 2.24) is 0 Å². The van der Waals surface area contributed by atoms with Crippen molar-refractivity contribution in [1.29, 1.82) is 0 Å². The molecular formula is C19H22F4N2O3. The van der Waals surface area contributed by atoms with E-state index >= 15 is 0 Å². The summed E-state index contributed by atoms with van der Waals surface area (Å²) in [5, 5.41) is 15.8. The summed E-state index contributed by atoms with van der Waals surface area (Å²) in [6, 6.07) is 10.1. The van der Waals surface area contributed by atoms with Gasteiger partial charge in [-0.1, -0.05) is 48.5 Å². The maximum Gasteiger partial charge on any atom is 0.340 e. The van der Waals surface area contributed by atoms with Crippen LogP contribution in [-0.4, -0.2) is 22.3 Å². The number of halogens is 4. The Morgan fingerprint density at radius 3 is 1.43 bits per heavy atom. The lowest BCUT2D eigenvalue weighted by atomic mass is 9.90. The molecule has 0 radical (unpaired) electrons. The Kier molecular flexibility index (Phi) is 8.10. The smallest absolute Gasteiger partial charge is 0.340 e. The maximum atomic E-state index is 14.5. The Morgan fingerprint density at radius 2 is 1.18 bits per heavy atom. The zero-order valence-electron chi connectivity index (χ0n) is 15.1. The first-order chi connectivity index (χ1) is 13.0. The van der Waals surface area contributed by atoms with Crippen molar-refractivity contribution in [3.05, 3.63) is 70.8 Å². The Balaban J connectivity index is 0.000000568. The van der Waals surface area contributed by atoms with Crippen LogP contribution in [0.3, 0.4) is 0 Å². The van der Waals surface area contributed by atoms with Gasteiger partial charge in [-0.15, -0.1) is 0 Å². The van der Waals surface area contributed by atoms with Gasteiger partial charge in [0.15, 0.2) is 0 Å². The monoisotopic (exact) mass is 402 g/mol. The lowest BCUT2D eigenvalue weighted by Crippen LogP contribution is -2.37. The lowest BCUT2D eigenvalue weighted by molar-refractivity contribution is -0.224. The Hall–Kier alpha value is -2.49. The molecule has 0 aliphatic rings. The molecule has 2 aromatic carbocycles. The largest absolute Gasteiger partial charge is 0.479 e. The number of aliphatic carboxylic acids is 1. The van der Waals surface area contributed by atoms with Gasteiger partial charge in [0, 0.05) is 24.2 Å². The zero-order chi connectivity index (χ0) is 21.5. The third-order valence-corrected chi connectivity index (χ3v) is 3.90. The van der Waals surface area contributed by atoms with E-state index in [1.165, 1.54) is 43.3 Å². The number of carbonyl (C=O) groups is 1. The summed E-state index contributed by atoms with van der Waals surface area (Å²) < 4.78 is 58.1. The number of aliphatic hydroxyl groups excluding tert-OH is 1. The first-order valence-corrected chi connectivity index (χ1v) is 8.24. The topological polar surface area (TPSA) is 110 Å². The summed E-state index contributed by atoms with van der Waals surface area (Å²) in [5.41, 5.74) is 9.20. The average Bonchev–Trinajstić information content (AvgIpc) is 2.68. The van der Waals surface area contributed by atoms with Crippen LogP contribution >= 0.6 is 0 Å². The fourth-order valence-electron chi connectivity index (χ4n) is 2.35. The number of alkyl halides is 4. The average molecular weight is 402 g/mol. The minimum atomic E-state index is -4.39. The number of rotatable bonds is 6. The van der Waals surface area contributed by atoms with Crippen LogP contribution in [0.4, 0.5) is 17.6 Å². The molecular weight excluding hydrogens is 380 g/mol. The highest BCUT2D eigenvalue weighted by Crippen LogP contribution is 2.51. The van der Waals surface area contributed by atoms with Crippen molar-refractivity contribution in [2.45, 2.75) is 38.0 Å². The van der Waals surface area contributed by atoms with E-state index in [1.807, 2.05) is 0 Å². The number of hydrogen-bond donors (Lipinski definition) is 4. The van der Waals surface area contributed by atoms with Crippen molar-refractivity contribution in [2.75, 3.05) is 0 Å². The molecule has 0 spiro atoms. The van der Waals surface area contributed by atoms with E-state index in [0.717, 1.165) is 12.1 Å². The van der Waals surface area contributed by atoms with Gasteiger partial charge in [0.2, 0.25) is 0 Å². The number of carboxylic acids is 1. The maximum absolute atomic E-state index is 14.5. The summed E-state index contributed by atoms with van der Waals surface area (Å²) in [5.74, 6) is -9.97. The highest BCUT2D eigenvalue weighted by molar-refractivity contribution is 5.71. The van der Waals surface area contributed by atoms with Crippen molar-refractivity contribution < 1.29 is 32.6 Å². The summed E-state index contributed by atoms with van der Waals surface area (Å²) in [4.78, 5) is 9.45. The van der Waals surface area contributed by atoms with Crippen LogP contribution in [0.1, 0.15) is 29.2 Å². The Labute approximate surface area is 159 Å². The van der Waals surface area contributed by atoms with Gasteiger partial charge in [-0.05, 0) is 18.1 Å². The molecule has 0 amide bonds. The molecule has 0 aliphatic carbocycles. The summed E-state index contributed by atoms with van der Waals surface area (Å²) in [6.07, 6.45) is -1.23. The number of nitrogens with two attached hydrogens (primary N) is 2. The second-order valence-corrected chi connectivity index (χ2v) is 5.89. The molecule has 2 rings (SSSR count). The third kappa shape index (κ3) is 5.06. The fourth-order valence-corrected chi connectivity index (χ4v) is 2.35. The number of hydrogen-bond acceptors (Lipinski definition) is 4. The molecule has 5 nitrogen and oxygen atoms in total. The van der Waals surface area contributed by atoms with Crippen molar-refractivity contribution in [2.24, 2.45) is 11.5 Å². The van der Waals surface area contributed by atoms with Crippen LogP contribution in [0, 0.1) is 0 Å². The zero-order valence-corrected chi connectivity index (χ0v) is 15.1. The van der Waals surface area contributed by atoms with Gasteiger partial charge in [-0.3, -0.25) is 0 Å². The molecule has 0 saturated heterocycles. The fraction of sp³-hybridized carbons (Fsp3) is 0.316. The van der Waals surface area contributed by atoms with E-state index in [2.05, 4.69) is 0 Å². The van der Waals surface area contributed by atoms with Crippen molar-refractivity contribution in [3.63, 3.8) is 0 Å². The molecule has 28 heavy (non-hydrogen) atoms.